The first kappa shape index (κ1) is 13.1. The van der Waals surface area contributed by atoms with Crippen molar-refractivity contribution in [2.75, 3.05) is 13.1 Å². The van der Waals surface area contributed by atoms with Gasteiger partial charge in [0.2, 0.25) is 0 Å². The molecule has 1 aromatic heterocycles. The lowest BCUT2D eigenvalue weighted by Crippen LogP contribution is -2.43. The van der Waals surface area contributed by atoms with Crippen molar-refractivity contribution in [2.24, 2.45) is 0 Å². The van der Waals surface area contributed by atoms with Crippen LogP contribution in [0.4, 0.5) is 0 Å². The fraction of sp³-hybridized carbons (Fsp3) is 0.692. The molecule has 0 bridgehead atoms. The fourth-order valence-corrected chi connectivity index (χ4v) is 2.29. The van der Waals surface area contributed by atoms with E-state index in [0.29, 0.717) is 11.7 Å². The van der Waals surface area contributed by atoms with Gasteiger partial charge in [-0.15, -0.1) is 0 Å². The summed E-state index contributed by atoms with van der Waals surface area (Å²) >= 11 is 0. The largest absolute Gasteiger partial charge is 0.348 e. The number of carbonyl (C=O) groups excluding carboxylic acids is 1. The van der Waals surface area contributed by atoms with Crippen LogP contribution < -0.4 is 10.6 Å². The van der Waals surface area contributed by atoms with Crippen LogP contribution in [-0.4, -0.2) is 34.8 Å². The number of nitrogens with zero attached hydrogens (tertiary/aromatic N) is 2. The van der Waals surface area contributed by atoms with Gasteiger partial charge in [0.1, 0.15) is 5.69 Å². The van der Waals surface area contributed by atoms with Gasteiger partial charge in [-0.2, -0.15) is 5.10 Å². The molecule has 5 nitrogen and oxygen atoms in total. The number of hydrogen-bond donors (Lipinski definition) is 2. The van der Waals surface area contributed by atoms with E-state index in [9.17, 15) is 4.79 Å². The van der Waals surface area contributed by atoms with Crippen molar-refractivity contribution in [3.8, 4) is 0 Å². The maximum Gasteiger partial charge on any atom is 0.269 e. The third-order valence-corrected chi connectivity index (χ3v) is 3.40. The molecule has 5 heteroatoms. The molecule has 0 spiro atoms. The van der Waals surface area contributed by atoms with Crippen molar-refractivity contribution in [1.82, 2.24) is 20.4 Å². The van der Waals surface area contributed by atoms with Crippen molar-refractivity contribution in [3.05, 3.63) is 17.5 Å². The quantitative estimate of drug-likeness (QED) is 0.836. The highest BCUT2D eigenvalue weighted by atomic mass is 16.2. The third-order valence-electron chi connectivity index (χ3n) is 3.40. The summed E-state index contributed by atoms with van der Waals surface area (Å²) in [6.45, 7) is 6.76. The van der Waals surface area contributed by atoms with Gasteiger partial charge in [-0.25, -0.2) is 0 Å². The Morgan fingerprint density at radius 1 is 1.50 bits per heavy atom. The minimum Gasteiger partial charge on any atom is -0.348 e. The summed E-state index contributed by atoms with van der Waals surface area (Å²) in [4.78, 5) is 12.2. The van der Waals surface area contributed by atoms with Gasteiger partial charge in [-0.1, -0.05) is 6.92 Å². The second kappa shape index (κ2) is 6.00. The highest BCUT2D eigenvalue weighted by Crippen LogP contribution is 2.08. The third kappa shape index (κ3) is 2.90. The number of nitrogens with one attached hydrogen (secondary N) is 2. The topological polar surface area (TPSA) is 59.0 Å². The van der Waals surface area contributed by atoms with Crippen LogP contribution in [0.3, 0.4) is 0 Å². The van der Waals surface area contributed by atoms with E-state index >= 15 is 0 Å². The zero-order valence-corrected chi connectivity index (χ0v) is 11.2. The van der Waals surface area contributed by atoms with Gasteiger partial charge in [0.15, 0.2) is 0 Å². The first-order valence-corrected chi connectivity index (χ1v) is 6.82. The minimum absolute atomic E-state index is 0.0101. The summed E-state index contributed by atoms with van der Waals surface area (Å²) < 4.78 is 1.79. The van der Waals surface area contributed by atoms with Crippen molar-refractivity contribution in [1.29, 1.82) is 0 Å². The zero-order valence-electron chi connectivity index (χ0n) is 11.2. The van der Waals surface area contributed by atoms with Crippen molar-refractivity contribution in [2.45, 2.75) is 45.7 Å². The van der Waals surface area contributed by atoms with Gasteiger partial charge in [-0.3, -0.25) is 9.48 Å². The Morgan fingerprint density at radius 3 is 2.83 bits per heavy atom. The van der Waals surface area contributed by atoms with Crippen molar-refractivity contribution < 1.29 is 4.79 Å². The van der Waals surface area contributed by atoms with Crippen molar-refractivity contribution >= 4 is 5.91 Å². The monoisotopic (exact) mass is 250 g/mol. The Hall–Kier alpha value is -1.36. The van der Waals surface area contributed by atoms with E-state index in [1.807, 2.05) is 13.0 Å². The number of aryl methyl sites for hydroxylation is 2. The van der Waals surface area contributed by atoms with E-state index < -0.39 is 0 Å². The predicted molar refractivity (Wildman–Crippen MR) is 70.6 cm³/mol. The highest BCUT2D eigenvalue weighted by Gasteiger charge is 2.19. The summed E-state index contributed by atoms with van der Waals surface area (Å²) in [6.07, 6.45) is 2.87. The Labute approximate surface area is 108 Å². The number of carbonyl (C=O) groups is 1. The molecule has 0 aliphatic carbocycles. The van der Waals surface area contributed by atoms with Gasteiger partial charge in [0, 0.05) is 12.6 Å². The first-order valence-electron chi connectivity index (χ1n) is 6.82. The number of hydrogen-bond acceptors (Lipinski definition) is 3. The fourth-order valence-electron chi connectivity index (χ4n) is 2.29. The van der Waals surface area contributed by atoms with Crippen LogP contribution in [0.15, 0.2) is 6.07 Å². The lowest BCUT2D eigenvalue weighted by Gasteiger charge is -2.23. The second-order valence-corrected chi connectivity index (χ2v) is 4.69. The van der Waals surface area contributed by atoms with Crippen LogP contribution in [0.5, 0.6) is 0 Å². The maximum absolute atomic E-state index is 12.2. The molecule has 1 fully saturated rings. The van der Waals surface area contributed by atoms with Gasteiger partial charge < -0.3 is 10.6 Å². The SMILES string of the molecule is CCc1cc(C(=O)NC2CCNCC2)n(CC)n1. The summed E-state index contributed by atoms with van der Waals surface area (Å²) in [5.41, 5.74) is 1.67. The molecule has 1 aliphatic heterocycles. The molecule has 2 rings (SSSR count). The molecule has 100 valence electrons. The molecule has 2 N–H and O–H groups in total. The van der Waals surface area contributed by atoms with Crippen LogP contribution in [-0.2, 0) is 13.0 Å². The van der Waals surface area contributed by atoms with Crippen LogP contribution >= 0.6 is 0 Å². The van der Waals surface area contributed by atoms with Crippen LogP contribution in [0, 0.1) is 0 Å². The summed E-state index contributed by atoms with van der Waals surface area (Å²) in [7, 11) is 0. The molecule has 0 unspecified atom stereocenters. The predicted octanol–water partition coefficient (Wildman–Crippen LogP) is 0.947. The van der Waals surface area contributed by atoms with E-state index in [0.717, 1.165) is 44.6 Å². The lowest BCUT2D eigenvalue weighted by atomic mass is 10.1. The Morgan fingerprint density at radius 2 is 2.22 bits per heavy atom. The standard InChI is InChI=1S/C13H22N4O/c1-3-10-9-12(17(4-2)16-10)13(18)15-11-5-7-14-8-6-11/h9,11,14H,3-8H2,1-2H3,(H,15,18). The maximum atomic E-state index is 12.2. The lowest BCUT2D eigenvalue weighted by molar-refractivity contribution is 0.0918. The van der Waals surface area contributed by atoms with E-state index in [1.54, 1.807) is 4.68 Å². The number of piperidine rings is 1. The Kier molecular flexibility index (Phi) is 4.36. The van der Waals surface area contributed by atoms with E-state index in [4.69, 9.17) is 0 Å². The summed E-state index contributed by atoms with van der Waals surface area (Å²) in [5, 5.41) is 10.8. The molecule has 2 heterocycles. The average Bonchev–Trinajstić information content (AvgIpc) is 2.83. The van der Waals surface area contributed by atoms with Gasteiger partial charge in [-0.05, 0) is 45.3 Å². The number of amides is 1. The molecule has 0 atom stereocenters. The minimum atomic E-state index is 0.0101. The number of rotatable bonds is 4. The molecule has 1 aromatic rings. The highest BCUT2D eigenvalue weighted by molar-refractivity contribution is 5.92. The molecule has 0 radical (unpaired) electrons. The van der Waals surface area contributed by atoms with Crippen LogP contribution in [0.1, 0.15) is 42.9 Å². The Balaban J connectivity index is 2.05. The molecule has 1 aliphatic rings. The smallest absolute Gasteiger partial charge is 0.269 e. The molecule has 1 amide bonds. The normalized spacial score (nSPS) is 16.8. The first-order chi connectivity index (χ1) is 8.74. The molecular weight excluding hydrogens is 228 g/mol. The number of aromatic nitrogens is 2. The Bertz CT molecular complexity index is 407. The van der Waals surface area contributed by atoms with E-state index in [1.165, 1.54) is 0 Å². The summed E-state index contributed by atoms with van der Waals surface area (Å²) in [6, 6.07) is 2.20. The molecular formula is C13H22N4O. The van der Waals surface area contributed by atoms with E-state index in [-0.39, 0.29) is 5.91 Å². The van der Waals surface area contributed by atoms with Crippen LogP contribution in [0.25, 0.3) is 0 Å². The molecule has 18 heavy (non-hydrogen) atoms. The molecule has 0 saturated carbocycles. The van der Waals surface area contributed by atoms with Gasteiger partial charge >= 0.3 is 0 Å². The zero-order chi connectivity index (χ0) is 13.0. The van der Waals surface area contributed by atoms with Gasteiger partial charge in [0.05, 0.1) is 5.69 Å². The van der Waals surface area contributed by atoms with Crippen LogP contribution in [0.2, 0.25) is 0 Å². The van der Waals surface area contributed by atoms with Gasteiger partial charge in [0.25, 0.3) is 5.91 Å². The second-order valence-electron chi connectivity index (χ2n) is 4.69. The summed E-state index contributed by atoms with van der Waals surface area (Å²) in [5.74, 6) is 0.0101. The van der Waals surface area contributed by atoms with Crippen molar-refractivity contribution in [3.63, 3.8) is 0 Å². The molecule has 0 aromatic carbocycles. The van der Waals surface area contributed by atoms with E-state index in [2.05, 4.69) is 22.7 Å². The molecule has 1 saturated heterocycles. The average molecular weight is 250 g/mol.